The Morgan fingerprint density at radius 3 is 2.58 bits per heavy atom. The maximum Gasteiger partial charge on any atom is 0.251 e. The van der Waals surface area contributed by atoms with Gasteiger partial charge in [0.15, 0.2) is 0 Å². The Bertz CT molecular complexity index is 673. The summed E-state index contributed by atoms with van der Waals surface area (Å²) < 4.78 is 0. The molecular formula is C18H26Cl2N4O2. The molecule has 2 fully saturated rings. The molecule has 8 heteroatoms. The molecule has 1 aromatic carbocycles. The Hall–Kier alpha value is -1.50. The van der Waals surface area contributed by atoms with E-state index in [0.29, 0.717) is 30.6 Å². The zero-order chi connectivity index (χ0) is 16.7. The van der Waals surface area contributed by atoms with Gasteiger partial charge in [-0.05, 0) is 43.9 Å². The third-order valence-corrected chi connectivity index (χ3v) is 5.43. The summed E-state index contributed by atoms with van der Waals surface area (Å²) in [7, 11) is 1.96. The lowest BCUT2D eigenvalue weighted by Crippen LogP contribution is -2.48. The van der Waals surface area contributed by atoms with Crippen molar-refractivity contribution in [3.05, 3.63) is 23.8 Å². The van der Waals surface area contributed by atoms with Crippen LogP contribution < -0.4 is 20.9 Å². The monoisotopic (exact) mass is 400 g/mol. The third-order valence-electron chi connectivity index (χ3n) is 5.43. The van der Waals surface area contributed by atoms with E-state index in [-0.39, 0.29) is 42.7 Å². The van der Waals surface area contributed by atoms with Crippen molar-refractivity contribution in [3.8, 4) is 0 Å². The molecule has 26 heavy (non-hydrogen) atoms. The number of anilines is 2. The fourth-order valence-electron chi connectivity index (χ4n) is 4.16. The van der Waals surface area contributed by atoms with Gasteiger partial charge in [0.1, 0.15) is 0 Å². The van der Waals surface area contributed by atoms with Crippen molar-refractivity contribution < 1.29 is 9.59 Å². The molecule has 1 aromatic rings. The number of halogens is 2. The average molecular weight is 401 g/mol. The van der Waals surface area contributed by atoms with E-state index < -0.39 is 0 Å². The van der Waals surface area contributed by atoms with E-state index in [1.165, 1.54) is 12.8 Å². The zero-order valence-corrected chi connectivity index (χ0v) is 16.4. The molecule has 2 unspecified atom stereocenters. The van der Waals surface area contributed by atoms with Crippen LogP contribution in [0, 0.1) is 0 Å². The second-order valence-corrected chi connectivity index (χ2v) is 7.23. The maximum atomic E-state index is 12.6. The van der Waals surface area contributed by atoms with Gasteiger partial charge >= 0.3 is 0 Å². The highest BCUT2D eigenvalue weighted by molar-refractivity contribution is 6.01. The van der Waals surface area contributed by atoms with Crippen molar-refractivity contribution in [3.63, 3.8) is 0 Å². The van der Waals surface area contributed by atoms with Crippen LogP contribution in [-0.4, -0.2) is 43.5 Å². The minimum absolute atomic E-state index is 0. The fraction of sp³-hybridized carbons (Fsp3) is 0.556. The van der Waals surface area contributed by atoms with Gasteiger partial charge in [0.2, 0.25) is 5.91 Å². The van der Waals surface area contributed by atoms with Gasteiger partial charge < -0.3 is 20.9 Å². The molecule has 3 heterocycles. The third kappa shape index (κ3) is 4.24. The maximum absolute atomic E-state index is 12.6. The predicted molar refractivity (Wildman–Crippen MR) is 108 cm³/mol. The van der Waals surface area contributed by atoms with Crippen LogP contribution in [-0.2, 0) is 4.79 Å². The van der Waals surface area contributed by atoms with Crippen LogP contribution in [0.3, 0.4) is 0 Å². The number of nitrogens with zero attached hydrogens (tertiary/aromatic N) is 1. The molecule has 2 atom stereocenters. The lowest BCUT2D eigenvalue weighted by molar-refractivity contribution is -0.115. The number of benzene rings is 1. The molecule has 2 amide bonds. The summed E-state index contributed by atoms with van der Waals surface area (Å²) in [4.78, 5) is 26.5. The van der Waals surface area contributed by atoms with Gasteiger partial charge in [0.25, 0.3) is 5.91 Å². The molecule has 0 saturated carbocycles. The van der Waals surface area contributed by atoms with Crippen LogP contribution in [0.4, 0.5) is 11.4 Å². The number of rotatable bonds is 2. The molecule has 2 saturated heterocycles. The van der Waals surface area contributed by atoms with E-state index in [0.717, 1.165) is 24.2 Å². The Morgan fingerprint density at radius 2 is 1.88 bits per heavy atom. The van der Waals surface area contributed by atoms with Gasteiger partial charge in [-0.2, -0.15) is 0 Å². The summed E-state index contributed by atoms with van der Waals surface area (Å²) in [5, 5.41) is 9.67. The van der Waals surface area contributed by atoms with Crippen molar-refractivity contribution in [2.45, 2.75) is 50.2 Å². The molecule has 0 aliphatic carbocycles. The number of nitrogens with one attached hydrogen (secondary N) is 3. The summed E-state index contributed by atoms with van der Waals surface area (Å²) >= 11 is 0. The molecule has 3 aliphatic heterocycles. The number of hydrogen-bond acceptors (Lipinski definition) is 4. The van der Waals surface area contributed by atoms with E-state index in [4.69, 9.17) is 0 Å². The van der Waals surface area contributed by atoms with Crippen molar-refractivity contribution >= 4 is 48.0 Å². The fourth-order valence-corrected chi connectivity index (χ4v) is 4.16. The van der Waals surface area contributed by atoms with Crippen molar-refractivity contribution in [1.29, 1.82) is 0 Å². The number of piperidine rings is 1. The lowest BCUT2D eigenvalue weighted by Gasteiger charge is -2.29. The number of amides is 2. The van der Waals surface area contributed by atoms with E-state index in [2.05, 4.69) is 16.0 Å². The van der Waals surface area contributed by atoms with E-state index in [1.54, 1.807) is 6.07 Å². The lowest BCUT2D eigenvalue weighted by atomic mass is 9.99. The highest BCUT2D eigenvalue weighted by atomic mass is 35.5. The van der Waals surface area contributed by atoms with E-state index in [9.17, 15) is 9.59 Å². The van der Waals surface area contributed by atoms with Gasteiger partial charge in [-0.15, -0.1) is 24.8 Å². The highest BCUT2D eigenvalue weighted by Gasteiger charge is 2.34. The van der Waals surface area contributed by atoms with Gasteiger partial charge in [-0.3, -0.25) is 9.59 Å². The SMILES string of the molecule is CN1CCC(=O)Nc2cc(C(=O)NC3CC4CCC(C3)N4)ccc21.Cl.Cl. The van der Waals surface area contributed by atoms with E-state index in [1.807, 2.05) is 24.1 Å². The molecule has 144 valence electrons. The summed E-state index contributed by atoms with van der Waals surface area (Å²) in [5.41, 5.74) is 2.28. The summed E-state index contributed by atoms with van der Waals surface area (Å²) in [6.45, 7) is 0.683. The Balaban J connectivity index is 0.00000121. The van der Waals surface area contributed by atoms with Crippen LogP contribution in [0.1, 0.15) is 42.5 Å². The van der Waals surface area contributed by atoms with Crippen molar-refractivity contribution in [2.24, 2.45) is 0 Å². The first-order valence-corrected chi connectivity index (χ1v) is 8.80. The van der Waals surface area contributed by atoms with Crippen molar-refractivity contribution in [2.75, 3.05) is 23.8 Å². The Morgan fingerprint density at radius 1 is 1.19 bits per heavy atom. The van der Waals surface area contributed by atoms with Crippen molar-refractivity contribution in [1.82, 2.24) is 10.6 Å². The Kier molecular flexibility index (Phi) is 6.77. The van der Waals surface area contributed by atoms with Gasteiger partial charge in [-0.1, -0.05) is 0 Å². The Labute approximate surface area is 166 Å². The average Bonchev–Trinajstić information content (AvgIpc) is 2.83. The summed E-state index contributed by atoms with van der Waals surface area (Å²) in [5.74, 6) is -0.0571. The van der Waals surface area contributed by atoms with Gasteiger partial charge in [0, 0.05) is 43.7 Å². The minimum atomic E-state index is -0.0507. The molecule has 4 rings (SSSR count). The van der Waals surface area contributed by atoms with Gasteiger partial charge in [0.05, 0.1) is 11.4 Å². The number of carbonyl (C=O) groups is 2. The molecule has 3 N–H and O–H groups in total. The van der Waals surface area contributed by atoms with Crippen LogP contribution in [0.2, 0.25) is 0 Å². The van der Waals surface area contributed by atoms with E-state index >= 15 is 0 Å². The molecular weight excluding hydrogens is 375 g/mol. The zero-order valence-electron chi connectivity index (χ0n) is 14.8. The standard InChI is InChI=1S/C18H24N4O2.2ClH/c1-22-7-6-17(23)21-15-8-11(2-5-16(15)22)18(24)20-14-9-12-3-4-13(10-14)19-12;;/h2,5,8,12-14,19H,3-4,6-7,9-10H2,1H3,(H,20,24)(H,21,23);2*1H. The first-order valence-electron chi connectivity index (χ1n) is 8.80. The first kappa shape index (κ1) is 20.8. The quantitative estimate of drug-likeness (QED) is 0.711. The number of fused-ring (bicyclic) bond motifs is 3. The largest absolute Gasteiger partial charge is 0.372 e. The minimum Gasteiger partial charge on any atom is -0.372 e. The van der Waals surface area contributed by atoms with Crippen LogP contribution in [0.15, 0.2) is 18.2 Å². The smallest absolute Gasteiger partial charge is 0.251 e. The number of hydrogen-bond donors (Lipinski definition) is 3. The molecule has 6 nitrogen and oxygen atoms in total. The normalized spacial score (nSPS) is 26.6. The highest BCUT2D eigenvalue weighted by Crippen LogP contribution is 2.30. The topological polar surface area (TPSA) is 73.5 Å². The molecule has 3 aliphatic rings. The second-order valence-electron chi connectivity index (χ2n) is 7.23. The summed E-state index contributed by atoms with van der Waals surface area (Å²) in [6.07, 6.45) is 4.91. The second kappa shape index (κ2) is 8.46. The number of carbonyl (C=O) groups excluding carboxylic acids is 2. The predicted octanol–water partition coefficient (Wildman–Crippen LogP) is 2.32. The molecule has 0 radical (unpaired) electrons. The molecule has 2 bridgehead atoms. The van der Waals surface area contributed by atoms with Crippen LogP contribution in [0.5, 0.6) is 0 Å². The van der Waals surface area contributed by atoms with Crippen LogP contribution >= 0.6 is 24.8 Å². The molecule has 0 aromatic heterocycles. The van der Waals surface area contributed by atoms with Gasteiger partial charge in [-0.25, -0.2) is 0 Å². The first-order chi connectivity index (χ1) is 11.6. The van der Waals surface area contributed by atoms with Crippen LogP contribution in [0.25, 0.3) is 0 Å². The summed E-state index contributed by atoms with van der Waals surface area (Å²) in [6, 6.07) is 6.90. The molecule has 0 spiro atoms.